The van der Waals surface area contributed by atoms with Gasteiger partial charge in [-0.1, -0.05) is 30.3 Å². The van der Waals surface area contributed by atoms with Gasteiger partial charge in [-0.15, -0.1) is 0 Å². The highest BCUT2D eigenvalue weighted by atomic mass is 16.5. The zero-order valence-corrected chi connectivity index (χ0v) is 13.1. The maximum Gasteiger partial charge on any atom is 0.188 e. The zero-order valence-electron chi connectivity index (χ0n) is 13.1. The second-order valence-corrected chi connectivity index (χ2v) is 6.08. The molecule has 5 heteroatoms. The number of hydrogen-bond acceptors (Lipinski definition) is 3. The van der Waals surface area contributed by atoms with E-state index in [9.17, 15) is 0 Å². The quantitative estimate of drug-likeness (QED) is 0.470. The zero-order chi connectivity index (χ0) is 15.2. The normalized spacial score (nSPS) is 25.9. The summed E-state index contributed by atoms with van der Waals surface area (Å²) in [4.78, 5) is 6.87. The molecular formula is C17H26N4O. The number of morpholine rings is 1. The van der Waals surface area contributed by atoms with Crippen LogP contribution in [0.2, 0.25) is 0 Å². The summed E-state index contributed by atoms with van der Waals surface area (Å²) in [7, 11) is 0. The molecule has 2 unspecified atom stereocenters. The smallest absolute Gasteiger partial charge is 0.188 e. The number of nitrogens with zero attached hydrogens (tertiary/aromatic N) is 2. The Bertz CT molecular complexity index is 485. The van der Waals surface area contributed by atoms with Crippen LogP contribution in [0.5, 0.6) is 0 Å². The van der Waals surface area contributed by atoms with Crippen molar-refractivity contribution >= 4 is 5.96 Å². The number of nitrogens with one attached hydrogen (secondary N) is 1. The van der Waals surface area contributed by atoms with Crippen molar-refractivity contribution in [1.29, 1.82) is 0 Å². The molecule has 0 aromatic heterocycles. The molecule has 2 aliphatic rings. The molecule has 2 fully saturated rings. The Labute approximate surface area is 132 Å². The van der Waals surface area contributed by atoms with Crippen molar-refractivity contribution in [2.75, 3.05) is 39.4 Å². The van der Waals surface area contributed by atoms with Crippen LogP contribution in [0.1, 0.15) is 24.3 Å². The van der Waals surface area contributed by atoms with E-state index in [4.69, 9.17) is 10.5 Å². The summed E-state index contributed by atoms with van der Waals surface area (Å²) in [6, 6.07) is 11.1. The summed E-state index contributed by atoms with van der Waals surface area (Å²) in [6.07, 6.45) is 2.20. The molecule has 3 rings (SSSR count). The highest BCUT2D eigenvalue weighted by molar-refractivity contribution is 5.78. The standard InChI is InChI=1S/C17H26N4O/c18-17(19-7-4-8-21-9-11-22-12-10-21)20-16-13-15(16)14-5-2-1-3-6-14/h1-3,5-6,15-16H,4,7-13H2,(H3,18,19,20). The predicted octanol–water partition coefficient (Wildman–Crippen LogP) is 1.17. The van der Waals surface area contributed by atoms with Crippen molar-refractivity contribution in [3.8, 4) is 0 Å². The number of nitrogens with two attached hydrogens (primary N) is 1. The fourth-order valence-electron chi connectivity index (χ4n) is 2.98. The summed E-state index contributed by atoms with van der Waals surface area (Å²) in [5.41, 5.74) is 7.37. The van der Waals surface area contributed by atoms with Gasteiger partial charge in [0, 0.05) is 38.1 Å². The van der Waals surface area contributed by atoms with Gasteiger partial charge in [0.2, 0.25) is 0 Å². The maximum atomic E-state index is 5.98. The molecule has 0 radical (unpaired) electrons. The van der Waals surface area contributed by atoms with Gasteiger partial charge in [0.05, 0.1) is 13.2 Å². The van der Waals surface area contributed by atoms with E-state index >= 15 is 0 Å². The summed E-state index contributed by atoms with van der Waals surface area (Å²) < 4.78 is 5.34. The molecule has 2 atom stereocenters. The van der Waals surface area contributed by atoms with Gasteiger partial charge in [-0.25, -0.2) is 0 Å². The highest BCUT2D eigenvalue weighted by Crippen LogP contribution is 2.40. The topological polar surface area (TPSA) is 62.9 Å². The van der Waals surface area contributed by atoms with Crippen molar-refractivity contribution in [3.05, 3.63) is 35.9 Å². The number of aliphatic imine (C=N–C) groups is 1. The number of rotatable bonds is 6. The Morgan fingerprint density at radius 2 is 2.05 bits per heavy atom. The lowest BCUT2D eigenvalue weighted by atomic mass is 10.1. The number of guanidine groups is 1. The first-order valence-electron chi connectivity index (χ1n) is 8.24. The van der Waals surface area contributed by atoms with E-state index in [0.717, 1.165) is 52.2 Å². The predicted molar refractivity (Wildman–Crippen MR) is 89.1 cm³/mol. The molecule has 1 saturated heterocycles. The average Bonchev–Trinajstić information content (AvgIpc) is 3.32. The van der Waals surface area contributed by atoms with E-state index in [2.05, 4.69) is 45.5 Å². The van der Waals surface area contributed by atoms with Gasteiger partial charge in [-0.3, -0.25) is 9.89 Å². The Morgan fingerprint density at radius 3 is 2.82 bits per heavy atom. The Hall–Kier alpha value is -1.59. The number of ether oxygens (including phenoxy) is 1. The van der Waals surface area contributed by atoms with Gasteiger partial charge in [0.25, 0.3) is 0 Å². The molecule has 1 aliphatic carbocycles. The Kier molecular flexibility index (Phi) is 5.29. The molecule has 3 N–H and O–H groups in total. The molecule has 1 aromatic carbocycles. The SMILES string of the molecule is NC(=NCCCN1CCOCC1)NC1CC1c1ccccc1. The number of hydrogen-bond donors (Lipinski definition) is 2. The van der Waals surface area contributed by atoms with E-state index in [-0.39, 0.29) is 0 Å². The van der Waals surface area contributed by atoms with Crippen molar-refractivity contribution in [3.63, 3.8) is 0 Å². The number of benzene rings is 1. The van der Waals surface area contributed by atoms with E-state index in [0.29, 0.717) is 17.9 Å². The second kappa shape index (κ2) is 7.61. The monoisotopic (exact) mass is 302 g/mol. The molecule has 1 aliphatic heterocycles. The van der Waals surface area contributed by atoms with Gasteiger partial charge in [-0.2, -0.15) is 0 Å². The first-order chi connectivity index (χ1) is 10.8. The molecular weight excluding hydrogens is 276 g/mol. The lowest BCUT2D eigenvalue weighted by Gasteiger charge is -2.26. The molecule has 1 aromatic rings. The van der Waals surface area contributed by atoms with Crippen LogP contribution in [0, 0.1) is 0 Å². The van der Waals surface area contributed by atoms with E-state index in [1.54, 1.807) is 0 Å². The van der Waals surface area contributed by atoms with Crippen LogP contribution in [0.3, 0.4) is 0 Å². The molecule has 0 spiro atoms. The minimum absolute atomic E-state index is 0.449. The third-order valence-corrected chi connectivity index (χ3v) is 4.37. The third kappa shape index (κ3) is 4.45. The lowest BCUT2D eigenvalue weighted by Crippen LogP contribution is -2.37. The summed E-state index contributed by atoms with van der Waals surface area (Å²) in [5, 5.41) is 3.34. The van der Waals surface area contributed by atoms with Gasteiger partial charge < -0.3 is 15.8 Å². The van der Waals surface area contributed by atoms with Crippen LogP contribution < -0.4 is 11.1 Å². The van der Waals surface area contributed by atoms with Crippen LogP contribution in [0.4, 0.5) is 0 Å². The van der Waals surface area contributed by atoms with E-state index in [1.165, 1.54) is 5.56 Å². The van der Waals surface area contributed by atoms with Gasteiger partial charge >= 0.3 is 0 Å². The first-order valence-corrected chi connectivity index (χ1v) is 8.24. The lowest BCUT2D eigenvalue weighted by molar-refractivity contribution is 0.0377. The Morgan fingerprint density at radius 1 is 1.27 bits per heavy atom. The first kappa shape index (κ1) is 15.3. The fourth-order valence-corrected chi connectivity index (χ4v) is 2.98. The van der Waals surface area contributed by atoms with Crippen molar-refractivity contribution < 1.29 is 4.74 Å². The Balaban J connectivity index is 1.33. The molecule has 120 valence electrons. The van der Waals surface area contributed by atoms with Crippen molar-refractivity contribution in [2.45, 2.75) is 24.8 Å². The van der Waals surface area contributed by atoms with E-state index < -0.39 is 0 Å². The molecule has 5 nitrogen and oxygen atoms in total. The molecule has 0 bridgehead atoms. The second-order valence-electron chi connectivity index (χ2n) is 6.08. The largest absolute Gasteiger partial charge is 0.379 e. The van der Waals surface area contributed by atoms with Crippen LogP contribution in [-0.4, -0.2) is 56.3 Å². The third-order valence-electron chi connectivity index (χ3n) is 4.37. The van der Waals surface area contributed by atoms with Gasteiger partial charge in [0.1, 0.15) is 0 Å². The molecule has 1 saturated carbocycles. The van der Waals surface area contributed by atoms with Gasteiger partial charge in [-0.05, 0) is 18.4 Å². The maximum absolute atomic E-state index is 5.98. The molecule has 0 amide bonds. The molecule has 22 heavy (non-hydrogen) atoms. The minimum atomic E-state index is 0.449. The summed E-state index contributed by atoms with van der Waals surface area (Å²) in [5.74, 6) is 1.17. The van der Waals surface area contributed by atoms with E-state index in [1.807, 2.05) is 0 Å². The van der Waals surface area contributed by atoms with Crippen molar-refractivity contribution in [1.82, 2.24) is 10.2 Å². The van der Waals surface area contributed by atoms with Gasteiger partial charge in [0.15, 0.2) is 5.96 Å². The van der Waals surface area contributed by atoms with Crippen LogP contribution in [0.15, 0.2) is 35.3 Å². The minimum Gasteiger partial charge on any atom is -0.379 e. The van der Waals surface area contributed by atoms with Crippen LogP contribution >= 0.6 is 0 Å². The summed E-state index contributed by atoms with van der Waals surface area (Å²) >= 11 is 0. The average molecular weight is 302 g/mol. The highest BCUT2D eigenvalue weighted by Gasteiger charge is 2.38. The van der Waals surface area contributed by atoms with Crippen LogP contribution in [-0.2, 0) is 4.74 Å². The molecule has 1 heterocycles. The summed E-state index contributed by atoms with van der Waals surface area (Å²) in [6.45, 7) is 5.66. The van der Waals surface area contributed by atoms with Crippen molar-refractivity contribution in [2.24, 2.45) is 10.7 Å². The fraction of sp³-hybridized carbons (Fsp3) is 0.588. The van der Waals surface area contributed by atoms with Crippen LogP contribution in [0.25, 0.3) is 0 Å².